The fourth-order valence-electron chi connectivity index (χ4n) is 3.98. The second-order valence-electron chi connectivity index (χ2n) is 10.2. The van der Waals surface area contributed by atoms with Gasteiger partial charge in [-0.05, 0) is 29.2 Å². The highest BCUT2D eigenvalue weighted by Crippen LogP contribution is 2.37. The zero-order valence-corrected chi connectivity index (χ0v) is 22.2. The first-order valence-electron chi connectivity index (χ1n) is 12.4. The summed E-state index contributed by atoms with van der Waals surface area (Å²) in [6, 6.07) is 11.4. The number of rotatable bonds is 7. The van der Waals surface area contributed by atoms with Crippen molar-refractivity contribution >= 4 is 45.5 Å². The summed E-state index contributed by atoms with van der Waals surface area (Å²) in [6.07, 6.45) is 3.26. The lowest BCUT2D eigenvalue weighted by atomic mass is 9.96. The van der Waals surface area contributed by atoms with E-state index in [1.165, 1.54) is 6.20 Å². The molecule has 0 aliphatic carbocycles. The summed E-state index contributed by atoms with van der Waals surface area (Å²) < 4.78 is 16.6. The van der Waals surface area contributed by atoms with E-state index in [-0.39, 0.29) is 11.5 Å². The number of fused-ring (bicyclic) bond motifs is 1. The Morgan fingerprint density at radius 1 is 1.24 bits per heavy atom. The Morgan fingerprint density at radius 2 is 2.03 bits per heavy atom. The van der Waals surface area contributed by atoms with Gasteiger partial charge in [0.15, 0.2) is 0 Å². The molecule has 37 heavy (non-hydrogen) atoms. The van der Waals surface area contributed by atoms with Gasteiger partial charge < -0.3 is 15.4 Å². The number of aromatic nitrogens is 4. The van der Waals surface area contributed by atoms with E-state index in [1.54, 1.807) is 29.1 Å². The van der Waals surface area contributed by atoms with E-state index in [9.17, 15) is 6.63 Å². The SMILES string of the molecule is [2H]C(Nc1cc(Cl)c2ncc(C#N)c(NCC(C)(C)C)c2c1)(c1cn(C2COC2)nn1)c1ccccc1Cl. The molecule has 0 radical (unpaired) electrons. The van der Waals surface area contributed by atoms with Crippen LogP contribution in [-0.4, -0.2) is 39.7 Å². The molecule has 0 amide bonds. The van der Waals surface area contributed by atoms with E-state index in [0.29, 0.717) is 68.9 Å². The van der Waals surface area contributed by atoms with Gasteiger partial charge in [0.2, 0.25) is 0 Å². The summed E-state index contributed by atoms with van der Waals surface area (Å²) in [4.78, 5) is 4.44. The summed E-state index contributed by atoms with van der Waals surface area (Å²) in [5, 5.41) is 26.5. The van der Waals surface area contributed by atoms with Gasteiger partial charge in [-0.15, -0.1) is 5.10 Å². The lowest BCUT2D eigenvalue weighted by Gasteiger charge is -2.25. The van der Waals surface area contributed by atoms with Crippen LogP contribution in [0.25, 0.3) is 10.9 Å². The summed E-state index contributed by atoms with van der Waals surface area (Å²) in [6.45, 7) is 8.05. The third-order valence-corrected chi connectivity index (χ3v) is 6.63. The van der Waals surface area contributed by atoms with Crippen molar-refractivity contribution in [2.75, 3.05) is 30.4 Å². The molecule has 10 heteroatoms. The lowest BCUT2D eigenvalue weighted by Crippen LogP contribution is -2.31. The monoisotopic (exact) mass is 536 g/mol. The molecule has 0 bridgehead atoms. The third-order valence-electron chi connectivity index (χ3n) is 6.01. The van der Waals surface area contributed by atoms with Crippen LogP contribution in [-0.2, 0) is 4.74 Å². The van der Waals surface area contributed by atoms with Crippen molar-refractivity contribution < 1.29 is 6.11 Å². The highest BCUT2D eigenvalue weighted by atomic mass is 35.5. The average molecular weight is 537 g/mol. The van der Waals surface area contributed by atoms with Gasteiger partial charge >= 0.3 is 0 Å². The number of anilines is 2. The normalized spacial score (nSPS) is 15.9. The number of benzene rings is 2. The van der Waals surface area contributed by atoms with Crippen molar-refractivity contribution in [3.8, 4) is 6.07 Å². The molecule has 1 aliphatic heterocycles. The maximum atomic E-state index is 9.78. The Labute approximate surface area is 227 Å². The molecular weight excluding hydrogens is 509 g/mol. The molecule has 5 rings (SSSR count). The first kappa shape index (κ1) is 24.0. The van der Waals surface area contributed by atoms with Crippen molar-refractivity contribution in [2.45, 2.75) is 32.8 Å². The fourth-order valence-corrected chi connectivity index (χ4v) is 4.48. The van der Waals surface area contributed by atoms with Crippen LogP contribution in [0.1, 0.15) is 51.0 Å². The van der Waals surface area contributed by atoms with E-state index in [0.717, 1.165) is 0 Å². The van der Waals surface area contributed by atoms with Crippen molar-refractivity contribution in [1.82, 2.24) is 20.0 Å². The predicted octanol–water partition coefficient (Wildman–Crippen LogP) is 6.24. The number of pyridine rings is 1. The van der Waals surface area contributed by atoms with Crippen LogP contribution in [0.2, 0.25) is 10.0 Å². The molecule has 1 unspecified atom stereocenters. The Balaban J connectivity index is 1.63. The maximum absolute atomic E-state index is 9.78. The van der Waals surface area contributed by atoms with E-state index in [1.807, 2.05) is 18.2 Å². The molecule has 1 saturated heterocycles. The number of nitrogens with one attached hydrogen (secondary N) is 2. The Hall–Kier alpha value is -3.38. The van der Waals surface area contributed by atoms with Crippen molar-refractivity contribution in [3.05, 3.63) is 75.7 Å². The predicted molar refractivity (Wildman–Crippen MR) is 146 cm³/mol. The zero-order valence-electron chi connectivity index (χ0n) is 21.7. The second-order valence-corrected chi connectivity index (χ2v) is 11.0. The topological polar surface area (TPSA) is 101 Å². The lowest BCUT2D eigenvalue weighted by molar-refractivity contribution is -0.0293. The van der Waals surface area contributed by atoms with Gasteiger partial charge in [-0.1, -0.05) is 67.4 Å². The van der Waals surface area contributed by atoms with Crippen LogP contribution in [0.5, 0.6) is 0 Å². The van der Waals surface area contributed by atoms with Crippen molar-refractivity contribution in [2.24, 2.45) is 5.41 Å². The van der Waals surface area contributed by atoms with Gasteiger partial charge in [-0.25, -0.2) is 4.68 Å². The molecule has 4 aromatic rings. The van der Waals surface area contributed by atoms with Crippen LogP contribution >= 0.6 is 23.2 Å². The molecule has 0 saturated carbocycles. The van der Waals surface area contributed by atoms with E-state index < -0.39 is 6.02 Å². The van der Waals surface area contributed by atoms with Crippen molar-refractivity contribution in [3.63, 3.8) is 0 Å². The largest absolute Gasteiger partial charge is 0.383 e. The molecule has 1 atom stereocenters. The van der Waals surface area contributed by atoms with Gasteiger partial charge in [0.25, 0.3) is 0 Å². The van der Waals surface area contributed by atoms with Gasteiger partial charge in [-0.2, -0.15) is 5.26 Å². The molecule has 0 spiro atoms. The van der Waals surface area contributed by atoms with Gasteiger partial charge in [0.1, 0.15) is 17.8 Å². The molecule has 1 fully saturated rings. The number of ether oxygens (including phenoxy) is 1. The van der Waals surface area contributed by atoms with Crippen LogP contribution in [0.3, 0.4) is 0 Å². The molecule has 3 heterocycles. The average Bonchev–Trinajstić information content (AvgIpc) is 3.31. The van der Waals surface area contributed by atoms with Gasteiger partial charge in [0, 0.05) is 28.8 Å². The van der Waals surface area contributed by atoms with E-state index >= 15 is 0 Å². The van der Waals surface area contributed by atoms with Crippen LogP contribution in [0, 0.1) is 16.7 Å². The highest BCUT2D eigenvalue weighted by molar-refractivity contribution is 6.36. The molecule has 2 aromatic carbocycles. The molecule has 2 N–H and O–H groups in total. The molecular formula is C27H27Cl2N7O. The summed E-state index contributed by atoms with van der Waals surface area (Å²) in [5.74, 6) is 0. The van der Waals surface area contributed by atoms with Crippen molar-refractivity contribution in [1.29, 1.82) is 5.26 Å². The van der Waals surface area contributed by atoms with Crippen LogP contribution in [0.15, 0.2) is 48.8 Å². The zero-order chi connectivity index (χ0) is 27.1. The van der Waals surface area contributed by atoms with Crippen LogP contribution in [0.4, 0.5) is 11.4 Å². The fraction of sp³-hybridized carbons (Fsp3) is 0.333. The van der Waals surface area contributed by atoms with Gasteiger partial charge in [0.05, 0.1) is 48.6 Å². The second kappa shape index (κ2) is 10.2. The smallest absolute Gasteiger partial charge is 0.110 e. The number of nitriles is 1. The minimum absolute atomic E-state index is 0.0281. The number of nitrogens with zero attached hydrogens (tertiary/aromatic N) is 5. The van der Waals surface area contributed by atoms with E-state index in [4.69, 9.17) is 27.9 Å². The Morgan fingerprint density at radius 3 is 2.70 bits per heavy atom. The number of hydrogen-bond donors (Lipinski definition) is 2. The Bertz CT molecular complexity index is 1540. The highest BCUT2D eigenvalue weighted by Gasteiger charge is 2.26. The first-order chi connectivity index (χ1) is 18.1. The maximum Gasteiger partial charge on any atom is 0.110 e. The summed E-state index contributed by atoms with van der Waals surface area (Å²) >= 11 is 13.3. The number of hydrogen-bond acceptors (Lipinski definition) is 7. The first-order valence-corrected chi connectivity index (χ1v) is 12.6. The van der Waals surface area contributed by atoms with Gasteiger partial charge in [-0.3, -0.25) is 4.98 Å². The summed E-state index contributed by atoms with van der Waals surface area (Å²) in [5.41, 5.74) is 2.98. The van der Waals surface area contributed by atoms with E-state index in [2.05, 4.69) is 52.8 Å². The Kier molecular flexibility index (Phi) is 6.59. The molecule has 1 aliphatic rings. The minimum Gasteiger partial charge on any atom is -0.383 e. The summed E-state index contributed by atoms with van der Waals surface area (Å²) in [7, 11) is 0. The quantitative estimate of drug-likeness (QED) is 0.288. The standard InChI is InChI=1S/C27H27Cl2N7O/c1-27(2,3)15-32-24-16(10-30)11-31-25-20(24)8-17(9-22(25)29)33-26(19-6-4-5-7-21(19)28)23-12-36(35-34-23)18-13-37-14-18/h4-9,11-12,18,26,33H,13-15H2,1-3H3,(H,31,32)/i26D. The molecule has 190 valence electrons. The minimum atomic E-state index is -1.60. The molecule has 2 aromatic heterocycles. The third kappa shape index (κ3) is 5.35. The van der Waals surface area contributed by atoms with Crippen LogP contribution < -0.4 is 10.6 Å². The molecule has 8 nitrogen and oxygen atoms in total. The number of halogens is 2.